The van der Waals surface area contributed by atoms with Crippen LogP contribution < -0.4 is 4.74 Å². The summed E-state index contributed by atoms with van der Waals surface area (Å²) in [5.41, 5.74) is 0.779. The molecule has 1 aromatic rings. The summed E-state index contributed by atoms with van der Waals surface area (Å²) in [6.45, 7) is 3.89. The van der Waals surface area contributed by atoms with E-state index in [0.717, 1.165) is 5.56 Å². The molecular weight excluding hydrogens is 220 g/mol. The summed E-state index contributed by atoms with van der Waals surface area (Å²) < 4.78 is 9.82. The summed E-state index contributed by atoms with van der Waals surface area (Å²) in [7, 11) is 2.84. The van der Waals surface area contributed by atoms with Crippen molar-refractivity contribution in [2.24, 2.45) is 5.92 Å². The number of phenolic OH excluding ortho intramolecular Hbond substituents is 1. The van der Waals surface area contributed by atoms with E-state index in [2.05, 4.69) is 0 Å². The summed E-state index contributed by atoms with van der Waals surface area (Å²) >= 11 is 0. The number of hydrogen-bond acceptors (Lipinski definition) is 4. The molecule has 0 saturated heterocycles. The molecule has 0 fully saturated rings. The van der Waals surface area contributed by atoms with Crippen molar-refractivity contribution in [1.29, 1.82) is 0 Å². The average Bonchev–Trinajstić information content (AvgIpc) is 2.30. The number of esters is 1. The van der Waals surface area contributed by atoms with Crippen molar-refractivity contribution >= 4 is 5.97 Å². The van der Waals surface area contributed by atoms with E-state index >= 15 is 0 Å². The average molecular weight is 238 g/mol. The highest BCUT2D eigenvalue weighted by molar-refractivity contribution is 5.78. The van der Waals surface area contributed by atoms with Crippen LogP contribution in [0.15, 0.2) is 18.2 Å². The van der Waals surface area contributed by atoms with Gasteiger partial charge >= 0.3 is 5.97 Å². The van der Waals surface area contributed by atoms with E-state index in [1.807, 2.05) is 13.8 Å². The molecular formula is C13H18O4. The van der Waals surface area contributed by atoms with Gasteiger partial charge in [-0.05, 0) is 23.6 Å². The molecule has 1 N–H and O–H groups in total. The Morgan fingerprint density at radius 3 is 2.41 bits per heavy atom. The van der Waals surface area contributed by atoms with E-state index in [4.69, 9.17) is 9.47 Å². The zero-order chi connectivity index (χ0) is 13.0. The Hall–Kier alpha value is -1.71. The maximum Gasteiger partial charge on any atom is 0.313 e. The lowest BCUT2D eigenvalue weighted by molar-refractivity contribution is -0.143. The third-order valence-electron chi connectivity index (χ3n) is 2.68. The number of ether oxygens (including phenoxy) is 2. The van der Waals surface area contributed by atoms with E-state index in [9.17, 15) is 9.90 Å². The van der Waals surface area contributed by atoms with E-state index in [1.54, 1.807) is 12.1 Å². The first-order valence-electron chi connectivity index (χ1n) is 5.46. The van der Waals surface area contributed by atoms with Gasteiger partial charge in [-0.3, -0.25) is 4.79 Å². The molecule has 0 radical (unpaired) electrons. The number of phenols is 1. The number of carbonyl (C=O) groups is 1. The van der Waals surface area contributed by atoms with E-state index in [0.29, 0.717) is 5.75 Å². The van der Waals surface area contributed by atoms with Crippen LogP contribution >= 0.6 is 0 Å². The molecule has 1 unspecified atom stereocenters. The standard InChI is InChI=1S/C13H18O4/c1-8(2)12(13(15)17-4)9-5-6-10(14)11(7-9)16-3/h5-8,12,14H,1-4H3. The van der Waals surface area contributed by atoms with Crippen LogP contribution in [-0.2, 0) is 9.53 Å². The van der Waals surface area contributed by atoms with Crippen molar-refractivity contribution in [3.8, 4) is 11.5 Å². The minimum atomic E-state index is -0.352. The lowest BCUT2D eigenvalue weighted by atomic mass is 9.88. The lowest BCUT2D eigenvalue weighted by Gasteiger charge is -2.19. The second-order valence-corrected chi connectivity index (χ2v) is 4.18. The van der Waals surface area contributed by atoms with Crippen LogP contribution in [0.1, 0.15) is 25.3 Å². The Labute approximate surface area is 101 Å². The fourth-order valence-electron chi connectivity index (χ4n) is 1.81. The normalized spacial score (nSPS) is 12.3. The van der Waals surface area contributed by atoms with Crippen molar-refractivity contribution in [3.05, 3.63) is 23.8 Å². The summed E-state index contributed by atoms with van der Waals surface area (Å²) in [4.78, 5) is 11.7. The Bertz CT molecular complexity index is 398. The number of hydrogen-bond donors (Lipinski definition) is 1. The maximum atomic E-state index is 11.7. The zero-order valence-electron chi connectivity index (χ0n) is 10.6. The molecule has 1 atom stereocenters. The predicted octanol–water partition coefficient (Wildman–Crippen LogP) is 2.31. The van der Waals surface area contributed by atoms with Crippen molar-refractivity contribution in [2.75, 3.05) is 14.2 Å². The minimum absolute atomic E-state index is 0.0589. The van der Waals surface area contributed by atoms with Crippen molar-refractivity contribution in [3.63, 3.8) is 0 Å². The maximum absolute atomic E-state index is 11.7. The monoisotopic (exact) mass is 238 g/mol. The van der Waals surface area contributed by atoms with Crippen LogP contribution in [0, 0.1) is 5.92 Å². The van der Waals surface area contributed by atoms with Gasteiger partial charge in [0.2, 0.25) is 0 Å². The van der Waals surface area contributed by atoms with Gasteiger partial charge in [-0.2, -0.15) is 0 Å². The fraction of sp³-hybridized carbons (Fsp3) is 0.462. The lowest BCUT2D eigenvalue weighted by Crippen LogP contribution is -2.19. The molecule has 17 heavy (non-hydrogen) atoms. The number of methoxy groups -OCH3 is 2. The van der Waals surface area contributed by atoms with Gasteiger partial charge < -0.3 is 14.6 Å². The number of carbonyl (C=O) groups excluding carboxylic acids is 1. The first kappa shape index (κ1) is 13.4. The van der Waals surface area contributed by atoms with E-state index in [-0.39, 0.29) is 23.6 Å². The van der Waals surface area contributed by atoms with Crippen molar-refractivity contribution < 1.29 is 19.4 Å². The van der Waals surface area contributed by atoms with Crippen LogP contribution in [0.3, 0.4) is 0 Å². The van der Waals surface area contributed by atoms with Gasteiger partial charge in [-0.25, -0.2) is 0 Å². The third-order valence-corrected chi connectivity index (χ3v) is 2.68. The smallest absolute Gasteiger partial charge is 0.313 e. The molecule has 0 aliphatic carbocycles. The Kier molecular flexibility index (Phi) is 4.37. The molecule has 1 rings (SSSR count). The van der Waals surface area contributed by atoms with Crippen LogP contribution in [0.5, 0.6) is 11.5 Å². The van der Waals surface area contributed by atoms with Crippen LogP contribution in [0.25, 0.3) is 0 Å². The van der Waals surface area contributed by atoms with Crippen molar-refractivity contribution in [2.45, 2.75) is 19.8 Å². The molecule has 0 aliphatic heterocycles. The largest absolute Gasteiger partial charge is 0.504 e. The second kappa shape index (κ2) is 5.57. The minimum Gasteiger partial charge on any atom is -0.504 e. The topological polar surface area (TPSA) is 55.8 Å². The summed E-state index contributed by atoms with van der Waals surface area (Å²) in [6, 6.07) is 4.89. The first-order chi connectivity index (χ1) is 8.01. The van der Waals surface area contributed by atoms with Gasteiger partial charge in [0, 0.05) is 0 Å². The zero-order valence-corrected chi connectivity index (χ0v) is 10.6. The van der Waals surface area contributed by atoms with Gasteiger partial charge in [0.25, 0.3) is 0 Å². The molecule has 94 valence electrons. The number of benzene rings is 1. The van der Waals surface area contributed by atoms with Gasteiger partial charge in [-0.1, -0.05) is 19.9 Å². The van der Waals surface area contributed by atoms with E-state index in [1.165, 1.54) is 20.3 Å². The summed E-state index contributed by atoms with van der Waals surface area (Å²) in [5, 5.41) is 9.51. The molecule has 4 heteroatoms. The van der Waals surface area contributed by atoms with Crippen molar-refractivity contribution in [1.82, 2.24) is 0 Å². The molecule has 4 nitrogen and oxygen atoms in total. The molecule has 0 heterocycles. The van der Waals surface area contributed by atoms with Gasteiger partial charge in [0.1, 0.15) is 0 Å². The molecule has 0 saturated carbocycles. The molecule has 1 aromatic carbocycles. The third kappa shape index (κ3) is 2.90. The first-order valence-corrected chi connectivity index (χ1v) is 5.46. The number of aromatic hydroxyl groups is 1. The predicted molar refractivity (Wildman–Crippen MR) is 64.3 cm³/mol. The van der Waals surface area contributed by atoms with Gasteiger partial charge in [0.15, 0.2) is 11.5 Å². The second-order valence-electron chi connectivity index (χ2n) is 4.18. The highest BCUT2D eigenvalue weighted by atomic mass is 16.5. The Morgan fingerprint density at radius 1 is 1.29 bits per heavy atom. The van der Waals surface area contributed by atoms with Gasteiger partial charge in [0.05, 0.1) is 20.1 Å². The number of rotatable bonds is 4. The highest BCUT2D eigenvalue weighted by Crippen LogP contribution is 2.33. The quantitative estimate of drug-likeness (QED) is 0.818. The van der Waals surface area contributed by atoms with E-state index < -0.39 is 0 Å². The Morgan fingerprint density at radius 2 is 1.94 bits per heavy atom. The molecule has 0 aromatic heterocycles. The molecule has 0 amide bonds. The molecule has 0 bridgehead atoms. The van der Waals surface area contributed by atoms with Crippen LogP contribution in [0.2, 0.25) is 0 Å². The highest BCUT2D eigenvalue weighted by Gasteiger charge is 2.25. The molecule has 0 aliphatic rings. The SMILES string of the molecule is COC(=O)C(c1ccc(O)c(OC)c1)C(C)C. The molecule has 0 spiro atoms. The summed E-state index contributed by atoms with van der Waals surface area (Å²) in [5.74, 6) is -0.111. The van der Waals surface area contributed by atoms with Crippen LogP contribution in [0.4, 0.5) is 0 Å². The fourth-order valence-corrected chi connectivity index (χ4v) is 1.81. The van der Waals surface area contributed by atoms with Gasteiger partial charge in [-0.15, -0.1) is 0 Å². The Balaban J connectivity index is 3.15. The summed E-state index contributed by atoms with van der Waals surface area (Å²) in [6.07, 6.45) is 0. The van der Waals surface area contributed by atoms with Crippen LogP contribution in [-0.4, -0.2) is 25.3 Å².